The number of nitrogens with zero attached hydrogens (tertiary/aromatic N) is 2. The molecule has 1 aliphatic heterocycles. The standard InChI is InChI=1S/C14H16FN3O2S/c15-13-3-2-11(5-10(13)6-16)21(19,20)18-7-9-1-4-14(17)12(9)8-18/h2-3,5,9,12,14H,1,4,7-8,17H2. The number of nitriles is 1. The fourth-order valence-corrected chi connectivity index (χ4v) is 4.92. The Morgan fingerprint density at radius 1 is 1.33 bits per heavy atom. The first kappa shape index (κ1) is 14.4. The van der Waals surface area contributed by atoms with Gasteiger partial charge in [-0.2, -0.15) is 9.57 Å². The van der Waals surface area contributed by atoms with Crippen molar-refractivity contribution in [2.45, 2.75) is 23.8 Å². The number of hydrogen-bond donors (Lipinski definition) is 1. The van der Waals surface area contributed by atoms with Gasteiger partial charge in [0.25, 0.3) is 0 Å². The van der Waals surface area contributed by atoms with Gasteiger partial charge in [-0.15, -0.1) is 0 Å². The summed E-state index contributed by atoms with van der Waals surface area (Å²) in [7, 11) is -3.69. The number of hydrogen-bond acceptors (Lipinski definition) is 4. The molecule has 7 heteroatoms. The second-order valence-electron chi connectivity index (χ2n) is 5.74. The summed E-state index contributed by atoms with van der Waals surface area (Å²) < 4.78 is 39.9. The third kappa shape index (κ3) is 2.33. The van der Waals surface area contributed by atoms with Gasteiger partial charge in [-0.25, -0.2) is 12.8 Å². The van der Waals surface area contributed by atoms with Crippen molar-refractivity contribution in [2.24, 2.45) is 17.6 Å². The summed E-state index contributed by atoms with van der Waals surface area (Å²) in [5.74, 6) is -0.196. The van der Waals surface area contributed by atoms with Gasteiger partial charge in [0.1, 0.15) is 11.9 Å². The maximum Gasteiger partial charge on any atom is 0.243 e. The van der Waals surface area contributed by atoms with Gasteiger partial charge in [-0.1, -0.05) is 0 Å². The van der Waals surface area contributed by atoms with Crippen molar-refractivity contribution < 1.29 is 12.8 Å². The molecule has 0 bridgehead atoms. The number of sulfonamides is 1. The molecule has 3 unspecified atom stereocenters. The van der Waals surface area contributed by atoms with E-state index in [4.69, 9.17) is 11.0 Å². The highest BCUT2D eigenvalue weighted by Crippen LogP contribution is 2.39. The van der Waals surface area contributed by atoms with E-state index in [9.17, 15) is 12.8 Å². The van der Waals surface area contributed by atoms with Gasteiger partial charge in [0.15, 0.2) is 0 Å². The van der Waals surface area contributed by atoms with Crippen molar-refractivity contribution in [1.29, 1.82) is 5.26 Å². The third-order valence-electron chi connectivity index (χ3n) is 4.57. The first-order chi connectivity index (χ1) is 9.93. The van der Waals surface area contributed by atoms with Crippen LogP contribution in [0.3, 0.4) is 0 Å². The largest absolute Gasteiger partial charge is 0.327 e. The van der Waals surface area contributed by atoms with Gasteiger partial charge in [0.05, 0.1) is 10.5 Å². The van der Waals surface area contributed by atoms with E-state index in [1.165, 1.54) is 10.4 Å². The molecular weight excluding hydrogens is 293 g/mol. The number of fused-ring (bicyclic) bond motifs is 1. The van der Waals surface area contributed by atoms with Crippen LogP contribution in [0.4, 0.5) is 4.39 Å². The first-order valence-corrected chi connectivity index (χ1v) is 8.33. The lowest BCUT2D eigenvalue weighted by molar-refractivity contribution is 0.427. The Bertz CT molecular complexity index is 713. The van der Waals surface area contributed by atoms with Crippen LogP contribution in [0.15, 0.2) is 23.1 Å². The molecule has 0 aromatic heterocycles. The molecule has 112 valence electrons. The highest BCUT2D eigenvalue weighted by atomic mass is 32.2. The molecule has 5 nitrogen and oxygen atoms in total. The second-order valence-corrected chi connectivity index (χ2v) is 7.68. The van der Waals surface area contributed by atoms with Crippen LogP contribution >= 0.6 is 0 Å². The van der Waals surface area contributed by atoms with Crippen molar-refractivity contribution in [3.05, 3.63) is 29.6 Å². The van der Waals surface area contributed by atoms with Gasteiger partial charge in [-0.05, 0) is 42.9 Å². The van der Waals surface area contributed by atoms with E-state index >= 15 is 0 Å². The highest BCUT2D eigenvalue weighted by Gasteiger charge is 2.45. The molecule has 3 rings (SSSR count). The zero-order valence-electron chi connectivity index (χ0n) is 11.4. The van der Waals surface area contributed by atoms with E-state index in [0.29, 0.717) is 19.0 Å². The Labute approximate surface area is 123 Å². The summed E-state index contributed by atoms with van der Waals surface area (Å²) in [6.45, 7) is 0.868. The predicted octanol–water partition coefficient (Wildman–Crippen LogP) is 1.06. The summed E-state index contributed by atoms with van der Waals surface area (Å²) in [6, 6.07) is 5.05. The van der Waals surface area contributed by atoms with Crippen LogP contribution in [0, 0.1) is 29.0 Å². The van der Waals surface area contributed by atoms with E-state index in [1.807, 2.05) is 0 Å². The van der Waals surface area contributed by atoms with E-state index in [1.54, 1.807) is 6.07 Å². The number of benzene rings is 1. The monoisotopic (exact) mass is 309 g/mol. The van der Waals surface area contributed by atoms with Crippen LogP contribution in [-0.4, -0.2) is 31.9 Å². The third-order valence-corrected chi connectivity index (χ3v) is 6.40. The van der Waals surface area contributed by atoms with E-state index < -0.39 is 15.8 Å². The normalized spacial score (nSPS) is 29.3. The van der Waals surface area contributed by atoms with Gasteiger partial charge < -0.3 is 5.73 Å². The Morgan fingerprint density at radius 2 is 2.10 bits per heavy atom. The molecule has 2 aliphatic rings. The Hall–Kier alpha value is -1.49. The van der Waals surface area contributed by atoms with Gasteiger partial charge >= 0.3 is 0 Å². The van der Waals surface area contributed by atoms with Crippen molar-refractivity contribution in [3.8, 4) is 6.07 Å². The van der Waals surface area contributed by atoms with Crippen LogP contribution in [0.25, 0.3) is 0 Å². The number of rotatable bonds is 2. The second kappa shape index (κ2) is 5.05. The summed E-state index contributed by atoms with van der Waals surface area (Å²) in [4.78, 5) is -0.0333. The summed E-state index contributed by atoms with van der Waals surface area (Å²) in [6.07, 6.45) is 1.89. The molecule has 3 atom stereocenters. The summed E-state index contributed by atoms with van der Waals surface area (Å²) in [5, 5.41) is 8.83. The minimum absolute atomic E-state index is 0.0333. The fraction of sp³-hybridized carbons (Fsp3) is 0.500. The fourth-order valence-electron chi connectivity index (χ4n) is 3.36. The summed E-state index contributed by atoms with van der Waals surface area (Å²) >= 11 is 0. The number of halogens is 1. The SMILES string of the molecule is N#Cc1cc(S(=O)(=O)N2CC3CCC(N)C3C2)ccc1F. The Kier molecular flexibility index (Phi) is 3.48. The average molecular weight is 309 g/mol. The van der Waals surface area contributed by atoms with E-state index in [-0.39, 0.29) is 22.4 Å². The molecule has 0 radical (unpaired) electrons. The first-order valence-electron chi connectivity index (χ1n) is 6.89. The molecular formula is C14H16FN3O2S. The molecule has 0 spiro atoms. The van der Waals surface area contributed by atoms with Crippen molar-refractivity contribution >= 4 is 10.0 Å². The maximum atomic E-state index is 13.3. The van der Waals surface area contributed by atoms with E-state index in [0.717, 1.165) is 25.0 Å². The molecule has 1 aliphatic carbocycles. The highest BCUT2D eigenvalue weighted by molar-refractivity contribution is 7.89. The van der Waals surface area contributed by atoms with Crippen molar-refractivity contribution in [3.63, 3.8) is 0 Å². The van der Waals surface area contributed by atoms with Crippen LogP contribution in [-0.2, 0) is 10.0 Å². The lowest BCUT2D eigenvalue weighted by Gasteiger charge is -2.18. The van der Waals surface area contributed by atoms with Crippen LogP contribution < -0.4 is 5.73 Å². The summed E-state index contributed by atoms with van der Waals surface area (Å²) in [5.41, 5.74) is 5.76. The van der Waals surface area contributed by atoms with Gasteiger partial charge in [0, 0.05) is 19.1 Å². The lowest BCUT2D eigenvalue weighted by Crippen LogP contribution is -2.33. The molecule has 1 aromatic rings. The molecule has 0 amide bonds. The number of nitrogens with two attached hydrogens (primary N) is 1. The van der Waals surface area contributed by atoms with E-state index in [2.05, 4.69) is 0 Å². The van der Waals surface area contributed by atoms with Crippen LogP contribution in [0.2, 0.25) is 0 Å². The Morgan fingerprint density at radius 3 is 2.76 bits per heavy atom. The molecule has 2 N–H and O–H groups in total. The minimum atomic E-state index is -3.69. The molecule has 21 heavy (non-hydrogen) atoms. The minimum Gasteiger partial charge on any atom is -0.327 e. The zero-order valence-corrected chi connectivity index (χ0v) is 12.2. The predicted molar refractivity (Wildman–Crippen MR) is 74.1 cm³/mol. The topological polar surface area (TPSA) is 87.2 Å². The molecule has 2 fully saturated rings. The maximum absolute atomic E-state index is 13.3. The van der Waals surface area contributed by atoms with Crippen LogP contribution in [0.1, 0.15) is 18.4 Å². The molecule has 1 saturated carbocycles. The smallest absolute Gasteiger partial charge is 0.243 e. The van der Waals surface area contributed by atoms with Gasteiger partial charge in [0.2, 0.25) is 10.0 Å². The molecule has 1 aromatic carbocycles. The molecule has 1 heterocycles. The van der Waals surface area contributed by atoms with Crippen molar-refractivity contribution in [1.82, 2.24) is 4.31 Å². The van der Waals surface area contributed by atoms with Crippen molar-refractivity contribution in [2.75, 3.05) is 13.1 Å². The average Bonchev–Trinajstić information content (AvgIpc) is 3.02. The lowest BCUT2D eigenvalue weighted by atomic mass is 9.98. The Balaban J connectivity index is 1.90. The zero-order chi connectivity index (χ0) is 15.2. The van der Waals surface area contributed by atoms with Gasteiger partial charge in [-0.3, -0.25) is 0 Å². The van der Waals surface area contributed by atoms with Crippen LogP contribution in [0.5, 0.6) is 0 Å². The quantitative estimate of drug-likeness (QED) is 0.884. The molecule has 1 saturated heterocycles.